The second-order valence-electron chi connectivity index (χ2n) is 9.09. The third-order valence-electron chi connectivity index (χ3n) is 5.94. The summed E-state index contributed by atoms with van der Waals surface area (Å²) >= 11 is 0. The Bertz CT molecular complexity index is 1050. The van der Waals surface area contributed by atoms with Crippen molar-refractivity contribution in [1.82, 2.24) is 5.32 Å². The van der Waals surface area contributed by atoms with Crippen LogP contribution in [0.5, 0.6) is 11.5 Å². The van der Waals surface area contributed by atoms with Crippen molar-refractivity contribution < 1.29 is 28.8 Å². The first-order valence-corrected chi connectivity index (χ1v) is 12.7. The van der Waals surface area contributed by atoms with Gasteiger partial charge in [0.1, 0.15) is 11.5 Å². The quantitative estimate of drug-likeness (QED) is 0.275. The van der Waals surface area contributed by atoms with Crippen molar-refractivity contribution in [3.05, 3.63) is 72.3 Å². The van der Waals surface area contributed by atoms with E-state index >= 15 is 0 Å². The van der Waals surface area contributed by atoms with Crippen LogP contribution in [-0.4, -0.2) is 62.0 Å². The van der Waals surface area contributed by atoms with Crippen LogP contribution in [0.25, 0.3) is 0 Å². The maximum Gasteiger partial charge on any atom is 0.252 e. The standard InChI is InChI=1S/C29H38N2O6/c1-5-15-29(28(33)30-16-7-18-35-21(2)3)26(23-9-6-10-25(20-23)34-4)37-27(31-29)22-11-13-24(14-12-22)36-19-8-17-32/h5-6,9-14,20-21,26,32H,1,7-8,15-19H2,2-4H3,(H,30,33)/t26-,29-/m1/s1. The summed E-state index contributed by atoms with van der Waals surface area (Å²) in [5.41, 5.74) is 0.271. The average molecular weight is 511 g/mol. The molecule has 2 aromatic rings. The van der Waals surface area contributed by atoms with Crippen LogP contribution < -0.4 is 14.8 Å². The zero-order valence-corrected chi connectivity index (χ0v) is 21.9. The normalized spacial score (nSPS) is 18.7. The maximum atomic E-state index is 13.7. The number of nitrogens with zero attached hydrogens (tertiary/aromatic N) is 1. The van der Waals surface area contributed by atoms with Gasteiger partial charge in [-0.25, -0.2) is 4.99 Å². The molecular formula is C29H38N2O6. The highest BCUT2D eigenvalue weighted by atomic mass is 16.5. The summed E-state index contributed by atoms with van der Waals surface area (Å²) in [5.74, 6) is 1.48. The Labute approximate surface area is 219 Å². The van der Waals surface area contributed by atoms with E-state index in [1.165, 1.54) is 0 Å². The zero-order chi connectivity index (χ0) is 26.7. The summed E-state index contributed by atoms with van der Waals surface area (Å²) in [6.07, 6.45) is 2.69. The lowest BCUT2D eigenvalue weighted by Crippen LogP contribution is -2.48. The van der Waals surface area contributed by atoms with Gasteiger partial charge in [0.2, 0.25) is 5.90 Å². The number of carbonyl (C=O) groups is 1. The summed E-state index contributed by atoms with van der Waals surface area (Å²) in [6.45, 7) is 9.39. The first kappa shape index (κ1) is 28.2. The number of hydrogen-bond donors (Lipinski definition) is 2. The second-order valence-corrected chi connectivity index (χ2v) is 9.09. The molecule has 1 heterocycles. The summed E-state index contributed by atoms with van der Waals surface area (Å²) < 4.78 is 23.1. The fraction of sp³-hybridized carbons (Fsp3) is 0.448. The van der Waals surface area contributed by atoms with Gasteiger partial charge in [0, 0.05) is 38.2 Å². The number of benzene rings is 2. The molecular weight excluding hydrogens is 472 g/mol. The lowest BCUT2D eigenvalue weighted by molar-refractivity contribution is -0.128. The molecule has 0 aromatic heterocycles. The van der Waals surface area contributed by atoms with Gasteiger partial charge in [-0.15, -0.1) is 6.58 Å². The minimum absolute atomic E-state index is 0.0760. The molecule has 0 spiro atoms. The molecule has 37 heavy (non-hydrogen) atoms. The summed E-state index contributed by atoms with van der Waals surface area (Å²) in [7, 11) is 1.60. The fourth-order valence-corrected chi connectivity index (χ4v) is 4.09. The first-order valence-electron chi connectivity index (χ1n) is 12.7. The number of aliphatic hydroxyl groups excluding tert-OH is 1. The van der Waals surface area contributed by atoms with E-state index in [0.717, 1.165) is 11.1 Å². The van der Waals surface area contributed by atoms with Crippen LogP contribution in [0, 0.1) is 0 Å². The van der Waals surface area contributed by atoms with Crippen LogP contribution in [0.2, 0.25) is 0 Å². The van der Waals surface area contributed by atoms with Gasteiger partial charge in [-0.05, 0) is 62.2 Å². The van der Waals surface area contributed by atoms with E-state index in [4.69, 9.17) is 29.0 Å². The van der Waals surface area contributed by atoms with Gasteiger partial charge in [0.15, 0.2) is 11.6 Å². The van der Waals surface area contributed by atoms with Crippen LogP contribution in [0.15, 0.2) is 66.2 Å². The molecule has 0 fully saturated rings. The van der Waals surface area contributed by atoms with Crippen molar-refractivity contribution in [1.29, 1.82) is 0 Å². The molecule has 0 radical (unpaired) electrons. The number of ether oxygens (including phenoxy) is 4. The minimum atomic E-state index is -1.24. The Morgan fingerprint density at radius 3 is 2.65 bits per heavy atom. The number of hydrogen-bond acceptors (Lipinski definition) is 7. The molecule has 2 aromatic carbocycles. The third kappa shape index (κ3) is 7.33. The molecule has 0 saturated carbocycles. The Morgan fingerprint density at radius 2 is 1.97 bits per heavy atom. The zero-order valence-electron chi connectivity index (χ0n) is 21.9. The monoisotopic (exact) mass is 510 g/mol. The van der Waals surface area contributed by atoms with E-state index in [2.05, 4.69) is 11.9 Å². The number of carbonyl (C=O) groups excluding carboxylic acids is 1. The van der Waals surface area contributed by atoms with Crippen LogP contribution >= 0.6 is 0 Å². The molecule has 3 rings (SSSR count). The molecule has 0 aliphatic carbocycles. The highest BCUT2D eigenvalue weighted by Gasteiger charge is 2.52. The molecule has 1 aliphatic heterocycles. The second kappa shape index (κ2) is 13.8. The van der Waals surface area contributed by atoms with Gasteiger partial charge in [-0.1, -0.05) is 18.2 Å². The molecule has 0 unspecified atom stereocenters. The molecule has 1 amide bonds. The van der Waals surface area contributed by atoms with Crippen molar-refractivity contribution in [2.75, 3.05) is 33.5 Å². The van der Waals surface area contributed by atoms with Crippen molar-refractivity contribution >= 4 is 11.8 Å². The van der Waals surface area contributed by atoms with Gasteiger partial charge in [-0.2, -0.15) is 0 Å². The van der Waals surface area contributed by atoms with Crippen LogP contribution in [-0.2, 0) is 14.3 Å². The molecule has 0 bridgehead atoms. The van der Waals surface area contributed by atoms with Gasteiger partial charge in [0.05, 0.1) is 19.8 Å². The Hall–Kier alpha value is -3.36. The van der Waals surface area contributed by atoms with E-state index in [9.17, 15) is 4.79 Å². The number of aliphatic hydroxyl groups is 1. The van der Waals surface area contributed by atoms with Gasteiger partial charge < -0.3 is 29.4 Å². The average Bonchev–Trinajstić information content (AvgIpc) is 3.29. The molecule has 2 N–H and O–H groups in total. The first-order chi connectivity index (χ1) is 17.9. The van der Waals surface area contributed by atoms with Crippen molar-refractivity contribution in [3.63, 3.8) is 0 Å². The topological polar surface area (TPSA) is 98.6 Å². The summed E-state index contributed by atoms with van der Waals surface area (Å²) in [4.78, 5) is 18.6. The van der Waals surface area contributed by atoms with E-state index in [0.29, 0.717) is 50.0 Å². The van der Waals surface area contributed by atoms with E-state index in [1.807, 2.05) is 62.4 Å². The maximum absolute atomic E-state index is 13.7. The molecule has 8 nitrogen and oxygen atoms in total. The smallest absolute Gasteiger partial charge is 0.252 e. The highest BCUT2D eigenvalue weighted by molar-refractivity contribution is 6.01. The van der Waals surface area contributed by atoms with Crippen molar-refractivity contribution in [3.8, 4) is 11.5 Å². The number of aliphatic imine (C=N–C) groups is 1. The molecule has 0 saturated heterocycles. The molecule has 1 aliphatic rings. The molecule has 2 atom stereocenters. The Morgan fingerprint density at radius 1 is 1.19 bits per heavy atom. The third-order valence-corrected chi connectivity index (χ3v) is 5.94. The van der Waals surface area contributed by atoms with Crippen molar-refractivity contribution in [2.45, 2.75) is 50.9 Å². The van der Waals surface area contributed by atoms with E-state index in [1.54, 1.807) is 13.2 Å². The van der Waals surface area contributed by atoms with E-state index in [-0.39, 0.29) is 25.0 Å². The number of nitrogens with one attached hydrogen (secondary N) is 1. The summed E-state index contributed by atoms with van der Waals surface area (Å²) in [6, 6.07) is 14.8. The van der Waals surface area contributed by atoms with Crippen LogP contribution in [0.1, 0.15) is 50.3 Å². The van der Waals surface area contributed by atoms with E-state index < -0.39 is 11.6 Å². The van der Waals surface area contributed by atoms with Gasteiger partial charge >= 0.3 is 0 Å². The number of rotatable bonds is 15. The number of amides is 1. The lowest BCUT2D eigenvalue weighted by Gasteiger charge is -2.30. The Kier molecular flexibility index (Phi) is 10.5. The largest absolute Gasteiger partial charge is 0.497 e. The predicted octanol–water partition coefficient (Wildman–Crippen LogP) is 4.22. The Balaban J connectivity index is 1.90. The fourth-order valence-electron chi connectivity index (χ4n) is 4.09. The minimum Gasteiger partial charge on any atom is -0.497 e. The lowest BCUT2D eigenvalue weighted by atomic mass is 9.84. The van der Waals surface area contributed by atoms with Gasteiger partial charge in [0.25, 0.3) is 5.91 Å². The van der Waals surface area contributed by atoms with Crippen LogP contribution in [0.4, 0.5) is 0 Å². The molecule has 200 valence electrons. The van der Waals surface area contributed by atoms with Gasteiger partial charge in [-0.3, -0.25) is 4.79 Å². The van der Waals surface area contributed by atoms with Crippen molar-refractivity contribution in [2.24, 2.45) is 4.99 Å². The van der Waals surface area contributed by atoms with Crippen LogP contribution in [0.3, 0.4) is 0 Å². The number of methoxy groups -OCH3 is 1. The highest BCUT2D eigenvalue weighted by Crippen LogP contribution is 2.43. The SMILES string of the molecule is C=CC[C@@]1(C(=O)NCCCOC(C)C)N=C(c2ccc(OCCCO)cc2)O[C@@H]1c1cccc(OC)c1. The summed E-state index contributed by atoms with van der Waals surface area (Å²) in [5, 5.41) is 12.0. The molecule has 8 heteroatoms. The predicted molar refractivity (Wildman–Crippen MR) is 143 cm³/mol.